The van der Waals surface area contributed by atoms with Crippen LogP contribution in [0.3, 0.4) is 0 Å². The van der Waals surface area contributed by atoms with Crippen molar-refractivity contribution in [3.63, 3.8) is 0 Å². The number of nitrogens with one attached hydrogen (secondary N) is 2. The molecule has 0 amide bonds. The molecule has 0 spiro atoms. The summed E-state index contributed by atoms with van der Waals surface area (Å²) < 4.78 is 12.2. The number of rotatable bonds is 14. The van der Waals surface area contributed by atoms with Crippen molar-refractivity contribution in [2.24, 2.45) is 0 Å². The number of hydrazine groups is 2. The van der Waals surface area contributed by atoms with Crippen LogP contribution < -0.4 is 30.3 Å². The van der Waals surface area contributed by atoms with Gasteiger partial charge in [0.1, 0.15) is 11.5 Å². The van der Waals surface area contributed by atoms with Crippen LogP contribution in [-0.2, 0) is 0 Å². The van der Waals surface area contributed by atoms with Crippen LogP contribution in [0.4, 0.5) is 11.4 Å². The molecule has 8 rings (SSSR count). The summed E-state index contributed by atoms with van der Waals surface area (Å²) in [5.41, 5.74) is 14.2. The van der Waals surface area contributed by atoms with Crippen molar-refractivity contribution in [3.05, 3.63) is 177 Å². The van der Waals surface area contributed by atoms with Gasteiger partial charge in [-0.2, -0.15) is 0 Å². The fourth-order valence-corrected chi connectivity index (χ4v) is 7.90. The number of anilines is 2. The fourth-order valence-electron chi connectivity index (χ4n) is 6.42. The average molecular weight is 709 g/mol. The number of para-hydroxylation sites is 2. The quantitative estimate of drug-likeness (QED) is 0.110. The zero-order valence-electron chi connectivity index (χ0n) is 28.2. The second-order valence-corrected chi connectivity index (χ2v) is 14.5. The van der Waals surface area contributed by atoms with E-state index in [2.05, 4.69) is 165 Å². The van der Waals surface area contributed by atoms with E-state index in [9.17, 15) is 0 Å². The van der Waals surface area contributed by atoms with Crippen molar-refractivity contribution in [2.75, 3.05) is 23.2 Å². The van der Waals surface area contributed by atoms with Gasteiger partial charge in [-0.3, -0.25) is 10.0 Å². The van der Waals surface area contributed by atoms with Crippen LogP contribution in [0.1, 0.15) is 52.2 Å². The van der Waals surface area contributed by atoms with Crippen LogP contribution in [0.5, 0.6) is 11.5 Å². The van der Waals surface area contributed by atoms with Gasteiger partial charge in [0.2, 0.25) is 0 Å². The Morgan fingerprint density at radius 3 is 1.29 bits per heavy atom. The van der Waals surface area contributed by atoms with Gasteiger partial charge < -0.3 is 9.47 Å². The minimum absolute atomic E-state index is 0.141. The average Bonchev–Trinajstić information content (AvgIpc) is 4.03. The Kier molecular flexibility index (Phi) is 10.3. The lowest BCUT2D eigenvalue weighted by Gasteiger charge is -2.24. The molecular formula is C43H40N4O2S2. The summed E-state index contributed by atoms with van der Waals surface area (Å²) >= 11 is 3.54. The van der Waals surface area contributed by atoms with Gasteiger partial charge in [0.05, 0.1) is 48.1 Å². The molecule has 8 heteroatoms. The van der Waals surface area contributed by atoms with E-state index in [1.165, 1.54) is 9.75 Å². The maximum Gasteiger partial charge on any atom is 0.119 e. The molecule has 6 nitrogen and oxygen atoms in total. The van der Waals surface area contributed by atoms with Gasteiger partial charge >= 0.3 is 0 Å². The summed E-state index contributed by atoms with van der Waals surface area (Å²) in [6.45, 7) is 1.37. The lowest BCUT2D eigenvalue weighted by molar-refractivity contribution is 0.279. The maximum atomic E-state index is 6.11. The third-order valence-electron chi connectivity index (χ3n) is 9.02. The molecule has 51 heavy (non-hydrogen) atoms. The number of hydrogen-bond donors (Lipinski definition) is 2. The Balaban J connectivity index is 0.801. The molecule has 2 N–H and O–H groups in total. The van der Waals surface area contributed by atoms with Crippen LogP contribution in [-0.4, -0.2) is 13.2 Å². The molecule has 0 aliphatic carbocycles. The Hall–Kier alpha value is -5.12. The van der Waals surface area contributed by atoms with E-state index < -0.39 is 0 Å². The van der Waals surface area contributed by atoms with Crippen molar-refractivity contribution < 1.29 is 9.47 Å². The number of hydrogen-bond acceptors (Lipinski definition) is 8. The van der Waals surface area contributed by atoms with E-state index in [-0.39, 0.29) is 12.1 Å². The van der Waals surface area contributed by atoms with Crippen molar-refractivity contribution in [1.29, 1.82) is 0 Å². The largest absolute Gasteiger partial charge is 0.494 e. The number of nitrogens with zero attached hydrogens (tertiary/aromatic N) is 2. The molecule has 0 radical (unpaired) electrons. The van der Waals surface area contributed by atoms with Crippen LogP contribution >= 0.6 is 22.7 Å². The Morgan fingerprint density at radius 2 is 0.902 bits per heavy atom. The van der Waals surface area contributed by atoms with Gasteiger partial charge in [0.15, 0.2) is 0 Å². The third kappa shape index (κ3) is 7.80. The van der Waals surface area contributed by atoms with Crippen molar-refractivity contribution in [1.82, 2.24) is 10.9 Å². The first kappa shape index (κ1) is 33.0. The van der Waals surface area contributed by atoms with E-state index in [1.54, 1.807) is 22.7 Å². The number of thiophene rings is 2. The normalized spacial score (nSPS) is 17.0. The van der Waals surface area contributed by atoms with Gasteiger partial charge in [0.25, 0.3) is 0 Å². The van der Waals surface area contributed by atoms with Gasteiger partial charge in [-0.25, -0.2) is 10.9 Å². The van der Waals surface area contributed by atoms with Gasteiger partial charge in [0, 0.05) is 9.75 Å². The summed E-state index contributed by atoms with van der Waals surface area (Å²) in [6.07, 6.45) is 7.60. The summed E-state index contributed by atoms with van der Waals surface area (Å²) in [7, 11) is 0. The Labute approximate surface area is 307 Å². The molecule has 2 atom stereocenters. The molecule has 256 valence electrons. The number of ether oxygens (including phenoxy) is 2. The van der Waals surface area contributed by atoms with Crippen LogP contribution in [0.25, 0.3) is 11.4 Å². The molecule has 0 fully saturated rings. The van der Waals surface area contributed by atoms with Gasteiger partial charge in [-0.15, -0.1) is 22.7 Å². The molecule has 0 saturated heterocycles. The molecule has 2 aliphatic rings. The highest BCUT2D eigenvalue weighted by molar-refractivity contribution is 7.10. The first-order valence-corrected chi connectivity index (χ1v) is 19.2. The first-order chi connectivity index (χ1) is 25.3. The van der Waals surface area contributed by atoms with Crippen molar-refractivity contribution in [3.8, 4) is 11.5 Å². The van der Waals surface area contributed by atoms with E-state index in [0.717, 1.165) is 64.7 Å². The van der Waals surface area contributed by atoms with E-state index in [0.29, 0.717) is 13.2 Å². The highest BCUT2D eigenvalue weighted by Crippen LogP contribution is 2.37. The molecule has 4 aromatic carbocycles. The summed E-state index contributed by atoms with van der Waals surface area (Å²) in [6, 6.07) is 46.6. The van der Waals surface area contributed by atoms with Gasteiger partial charge in [-0.1, -0.05) is 48.5 Å². The number of benzene rings is 4. The third-order valence-corrected chi connectivity index (χ3v) is 10.9. The maximum absolute atomic E-state index is 6.11. The molecule has 2 unspecified atom stereocenters. The first-order valence-electron chi connectivity index (χ1n) is 17.5. The second-order valence-electron chi connectivity index (χ2n) is 12.5. The van der Waals surface area contributed by atoms with Crippen molar-refractivity contribution in [2.45, 2.75) is 31.3 Å². The van der Waals surface area contributed by atoms with Crippen molar-refractivity contribution >= 4 is 45.4 Å². The predicted octanol–water partition coefficient (Wildman–Crippen LogP) is 10.7. The lowest BCUT2D eigenvalue weighted by atomic mass is 10.1. The minimum atomic E-state index is 0.141. The number of unbranched alkanes of at least 4 members (excludes halogenated alkanes) is 2. The van der Waals surface area contributed by atoms with Crippen LogP contribution in [0.15, 0.2) is 156 Å². The van der Waals surface area contributed by atoms with E-state index in [4.69, 9.17) is 9.47 Å². The highest BCUT2D eigenvalue weighted by Gasteiger charge is 2.28. The molecule has 6 aromatic rings. The predicted molar refractivity (Wildman–Crippen MR) is 212 cm³/mol. The summed E-state index contributed by atoms with van der Waals surface area (Å²) in [5, 5.41) is 8.62. The molecule has 2 aliphatic heterocycles. The molecule has 0 bridgehead atoms. The Bertz CT molecular complexity index is 1880. The SMILES string of the molecule is C1=C(c2ccc(OCCCCCOc3ccc(C4=CC(c5cccs5)NN4c4ccccc4)cc3)cc2)N(c2ccccc2)NC1c1cccs1. The minimum Gasteiger partial charge on any atom is -0.494 e. The summed E-state index contributed by atoms with van der Waals surface area (Å²) in [4.78, 5) is 2.59. The Morgan fingerprint density at radius 1 is 0.471 bits per heavy atom. The molecule has 4 heterocycles. The van der Waals surface area contributed by atoms with Gasteiger partial charge in [-0.05, 0) is 138 Å². The highest BCUT2D eigenvalue weighted by atomic mass is 32.1. The molecule has 2 aromatic heterocycles. The second kappa shape index (κ2) is 15.8. The van der Waals surface area contributed by atoms with E-state index in [1.807, 2.05) is 12.1 Å². The van der Waals surface area contributed by atoms with E-state index >= 15 is 0 Å². The summed E-state index contributed by atoms with van der Waals surface area (Å²) in [5.74, 6) is 1.78. The zero-order chi connectivity index (χ0) is 34.2. The lowest BCUT2D eigenvalue weighted by Crippen LogP contribution is -2.32. The molecule has 0 saturated carbocycles. The van der Waals surface area contributed by atoms with Crippen LogP contribution in [0.2, 0.25) is 0 Å². The topological polar surface area (TPSA) is 49.0 Å². The van der Waals surface area contributed by atoms with Crippen LogP contribution in [0, 0.1) is 0 Å². The fraction of sp³-hybridized carbons (Fsp3) is 0.163. The molecular weight excluding hydrogens is 669 g/mol. The monoisotopic (exact) mass is 708 g/mol. The smallest absolute Gasteiger partial charge is 0.119 e. The zero-order valence-corrected chi connectivity index (χ0v) is 29.9. The standard InChI is InChI=1S/C43H40N4O2S2/c1-4-12-34(13-5-1)46-40(30-38(44-46)42-16-10-28-50-42)32-18-22-36(23-19-32)48-26-8-3-9-27-49-37-24-20-33(21-25-37)41-31-39(43-17-11-29-51-43)45-47(41)35-14-6-2-7-15-35/h1-2,4-7,10-25,28-31,38-39,44-45H,3,8-9,26-27H2.